The van der Waals surface area contributed by atoms with E-state index in [1.54, 1.807) is 6.07 Å². The number of carbonyl (C=O) groups is 2. The predicted molar refractivity (Wildman–Crippen MR) is 78.1 cm³/mol. The number of amides is 2. The molecule has 0 spiro atoms. The Balaban J connectivity index is 2.61. The number of nitrogens with one attached hydrogen (secondary N) is 2. The average molecular weight is 281 g/mol. The minimum atomic E-state index is -0.382. The molecule has 0 aliphatic rings. The van der Waals surface area contributed by atoms with Crippen molar-refractivity contribution in [3.8, 4) is 0 Å². The summed E-state index contributed by atoms with van der Waals surface area (Å²) in [6, 6.07) is 7.59. The Hall–Kier alpha value is -1.53. The monoisotopic (exact) mass is 281 g/mol. The van der Waals surface area contributed by atoms with E-state index in [1.807, 2.05) is 32.0 Å². The largest absolute Gasteiger partial charge is 0.369 e. The van der Waals surface area contributed by atoms with Crippen LogP contribution in [-0.2, 0) is 9.59 Å². The summed E-state index contributed by atoms with van der Waals surface area (Å²) in [6.45, 7) is 4.21. The number of anilines is 1. The Bertz CT molecular complexity index is 449. The van der Waals surface area contributed by atoms with Gasteiger partial charge in [-0.3, -0.25) is 9.59 Å². The summed E-state index contributed by atoms with van der Waals surface area (Å²) in [6.07, 6.45) is 0. The van der Waals surface area contributed by atoms with Crippen LogP contribution in [-0.4, -0.2) is 30.2 Å². The second-order valence-electron chi connectivity index (χ2n) is 4.33. The Labute approximate surface area is 117 Å². The number of hydrogen-bond donors (Lipinski definition) is 3. The molecule has 0 saturated heterocycles. The summed E-state index contributed by atoms with van der Waals surface area (Å²) in [5.41, 5.74) is 5.81. The maximum Gasteiger partial charge on any atom is 0.238 e. The number of carbonyl (C=O) groups excluding carboxylic acids is 2. The van der Waals surface area contributed by atoms with E-state index in [0.29, 0.717) is 5.69 Å². The average Bonchev–Trinajstić information content (AvgIpc) is 2.35. The standard InChI is InChI=1S/C13H19N3O2S/c1-9(2)15-7-13(18)16-10-5-3-4-6-11(10)19-8-12(14)17/h3-6,9,15H,7-8H2,1-2H3,(H2,14,17)(H,16,18). The van der Waals surface area contributed by atoms with Crippen LogP contribution in [0.15, 0.2) is 29.2 Å². The molecule has 0 saturated carbocycles. The fourth-order valence-electron chi connectivity index (χ4n) is 1.34. The van der Waals surface area contributed by atoms with Crippen LogP contribution in [0, 0.1) is 0 Å². The van der Waals surface area contributed by atoms with E-state index in [1.165, 1.54) is 11.8 Å². The van der Waals surface area contributed by atoms with Crippen molar-refractivity contribution in [2.45, 2.75) is 24.8 Å². The first-order chi connectivity index (χ1) is 8.99. The van der Waals surface area contributed by atoms with Gasteiger partial charge in [0.25, 0.3) is 0 Å². The normalized spacial score (nSPS) is 10.5. The van der Waals surface area contributed by atoms with E-state index in [4.69, 9.17) is 5.73 Å². The minimum Gasteiger partial charge on any atom is -0.369 e. The molecule has 0 heterocycles. The van der Waals surface area contributed by atoms with Crippen LogP contribution in [0.1, 0.15) is 13.8 Å². The van der Waals surface area contributed by atoms with Crippen LogP contribution in [0.25, 0.3) is 0 Å². The van der Waals surface area contributed by atoms with E-state index in [0.717, 1.165) is 4.90 Å². The lowest BCUT2D eigenvalue weighted by Gasteiger charge is -2.11. The van der Waals surface area contributed by atoms with Gasteiger partial charge in [0.05, 0.1) is 18.0 Å². The topological polar surface area (TPSA) is 84.2 Å². The predicted octanol–water partition coefficient (Wildman–Crippen LogP) is 1.20. The van der Waals surface area contributed by atoms with Crippen LogP contribution in [0.5, 0.6) is 0 Å². The molecule has 0 radical (unpaired) electrons. The van der Waals surface area contributed by atoms with E-state index in [-0.39, 0.29) is 30.2 Å². The number of thioether (sulfide) groups is 1. The molecule has 0 bridgehead atoms. The zero-order valence-electron chi connectivity index (χ0n) is 11.1. The Morgan fingerprint density at radius 2 is 2.00 bits per heavy atom. The summed E-state index contributed by atoms with van der Waals surface area (Å²) < 4.78 is 0. The van der Waals surface area contributed by atoms with Gasteiger partial charge < -0.3 is 16.4 Å². The van der Waals surface area contributed by atoms with Gasteiger partial charge in [-0.05, 0) is 12.1 Å². The van der Waals surface area contributed by atoms with Gasteiger partial charge in [0.2, 0.25) is 11.8 Å². The highest BCUT2D eigenvalue weighted by Gasteiger charge is 2.08. The van der Waals surface area contributed by atoms with Crippen molar-refractivity contribution in [1.82, 2.24) is 5.32 Å². The van der Waals surface area contributed by atoms with Crippen molar-refractivity contribution in [2.75, 3.05) is 17.6 Å². The fraction of sp³-hybridized carbons (Fsp3) is 0.385. The van der Waals surface area contributed by atoms with Crippen molar-refractivity contribution in [1.29, 1.82) is 0 Å². The molecule has 0 aromatic heterocycles. The lowest BCUT2D eigenvalue weighted by atomic mass is 10.3. The SMILES string of the molecule is CC(C)NCC(=O)Nc1ccccc1SCC(N)=O. The molecule has 0 unspecified atom stereocenters. The lowest BCUT2D eigenvalue weighted by Crippen LogP contribution is -2.32. The van der Waals surface area contributed by atoms with E-state index in [9.17, 15) is 9.59 Å². The zero-order valence-corrected chi connectivity index (χ0v) is 11.9. The molecule has 0 aliphatic carbocycles. The van der Waals surface area contributed by atoms with Crippen molar-refractivity contribution in [2.24, 2.45) is 5.73 Å². The number of hydrogen-bond acceptors (Lipinski definition) is 4. The lowest BCUT2D eigenvalue weighted by molar-refractivity contribution is -0.116. The maximum atomic E-state index is 11.7. The third kappa shape index (κ3) is 6.26. The third-order valence-electron chi connectivity index (χ3n) is 2.20. The summed E-state index contributed by atoms with van der Waals surface area (Å²) in [7, 11) is 0. The molecule has 6 heteroatoms. The molecule has 19 heavy (non-hydrogen) atoms. The first kappa shape index (κ1) is 15.5. The Morgan fingerprint density at radius 1 is 1.32 bits per heavy atom. The Morgan fingerprint density at radius 3 is 2.63 bits per heavy atom. The van der Waals surface area contributed by atoms with Gasteiger partial charge in [0.1, 0.15) is 0 Å². The van der Waals surface area contributed by atoms with Gasteiger partial charge in [0.15, 0.2) is 0 Å². The van der Waals surface area contributed by atoms with Crippen molar-refractivity contribution >= 4 is 29.3 Å². The number of primary amides is 1. The van der Waals surface area contributed by atoms with Crippen LogP contribution in [0.4, 0.5) is 5.69 Å². The van der Waals surface area contributed by atoms with Crippen molar-refractivity contribution in [3.05, 3.63) is 24.3 Å². The zero-order chi connectivity index (χ0) is 14.3. The molecule has 2 amide bonds. The maximum absolute atomic E-state index is 11.7. The second-order valence-corrected chi connectivity index (χ2v) is 5.35. The minimum absolute atomic E-state index is 0.110. The van der Waals surface area contributed by atoms with Gasteiger partial charge in [-0.1, -0.05) is 26.0 Å². The van der Waals surface area contributed by atoms with Gasteiger partial charge in [-0.25, -0.2) is 0 Å². The number of para-hydroxylation sites is 1. The van der Waals surface area contributed by atoms with Crippen LogP contribution < -0.4 is 16.4 Å². The van der Waals surface area contributed by atoms with Crippen molar-refractivity contribution < 1.29 is 9.59 Å². The molecule has 1 aromatic carbocycles. The third-order valence-corrected chi connectivity index (χ3v) is 3.30. The highest BCUT2D eigenvalue weighted by atomic mass is 32.2. The molecule has 1 rings (SSSR count). The Kier molecular flexibility index (Phi) is 6.38. The summed E-state index contributed by atoms with van der Waals surface area (Å²) >= 11 is 1.31. The molecule has 5 nitrogen and oxygen atoms in total. The molecule has 0 fully saturated rings. The van der Waals surface area contributed by atoms with E-state index >= 15 is 0 Å². The second kappa shape index (κ2) is 7.81. The van der Waals surface area contributed by atoms with Gasteiger partial charge in [-0.2, -0.15) is 0 Å². The number of rotatable bonds is 7. The van der Waals surface area contributed by atoms with Gasteiger partial charge >= 0.3 is 0 Å². The highest BCUT2D eigenvalue weighted by Crippen LogP contribution is 2.26. The molecule has 0 aliphatic heterocycles. The van der Waals surface area contributed by atoms with Crippen LogP contribution in [0.2, 0.25) is 0 Å². The molecule has 4 N–H and O–H groups in total. The molecule has 1 aromatic rings. The van der Waals surface area contributed by atoms with Crippen molar-refractivity contribution in [3.63, 3.8) is 0 Å². The first-order valence-electron chi connectivity index (χ1n) is 6.02. The summed E-state index contributed by atoms with van der Waals surface area (Å²) in [4.78, 5) is 23.4. The van der Waals surface area contributed by atoms with Crippen LogP contribution >= 0.6 is 11.8 Å². The van der Waals surface area contributed by atoms with E-state index < -0.39 is 0 Å². The molecule has 104 valence electrons. The summed E-state index contributed by atoms with van der Waals surface area (Å²) in [5, 5.41) is 5.86. The molecular weight excluding hydrogens is 262 g/mol. The van der Waals surface area contributed by atoms with Gasteiger partial charge in [-0.15, -0.1) is 11.8 Å². The fourth-order valence-corrected chi connectivity index (χ4v) is 2.08. The molecule has 0 atom stereocenters. The first-order valence-corrected chi connectivity index (χ1v) is 7.01. The summed E-state index contributed by atoms with van der Waals surface area (Å²) in [5.74, 6) is -0.301. The molecular formula is C13H19N3O2S. The van der Waals surface area contributed by atoms with Gasteiger partial charge in [0, 0.05) is 10.9 Å². The highest BCUT2D eigenvalue weighted by molar-refractivity contribution is 8.00. The quantitative estimate of drug-likeness (QED) is 0.656. The van der Waals surface area contributed by atoms with E-state index in [2.05, 4.69) is 10.6 Å². The smallest absolute Gasteiger partial charge is 0.238 e. The number of nitrogens with two attached hydrogens (primary N) is 1. The van der Waals surface area contributed by atoms with Crippen LogP contribution in [0.3, 0.4) is 0 Å². The number of benzene rings is 1.